The van der Waals surface area contributed by atoms with E-state index in [0.29, 0.717) is 26.1 Å². The minimum absolute atomic E-state index is 0.0500. The summed E-state index contributed by atoms with van der Waals surface area (Å²) in [4.78, 5) is 11.6. The van der Waals surface area contributed by atoms with Crippen molar-refractivity contribution in [2.24, 2.45) is 5.41 Å². The second-order valence-corrected chi connectivity index (χ2v) is 7.52. The molecule has 20 heavy (non-hydrogen) atoms. The Bertz CT molecular complexity index is 437. The molecule has 1 fully saturated rings. The molecule has 0 saturated carbocycles. The Morgan fingerprint density at radius 2 is 1.90 bits per heavy atom. The summed E-state index contributed by atoms with van der Waals surface area (Å²) in [5, 5.41) is 2.52. The van der Waals surface area contributed by atoms with Crippen LogP contribution in [0.25, 0.3) is 0 Å². The monoisotopic (exact) mass is 311 g/mol. The first-order valence-corrected chi connectivity index (χ1v) is 8.04. The van der Waals surface area contributed by atoms with Crippen LogP contribution in [0.2, 0.25) is 0 Å². The van der Waals surface area contributed by atoms with Gasteiger partial charge in [-0.05, 0) is 33.6 Å². The van der Waals surface area contributed by atoms with Crippen molar-refractivity contribution in [3.63, 3.8) is 0 Å². The van der Waals surface area contributed by atoms with Crippen molar-refractivity contribution in [2.45, 2.75) is 39.2 Å². The molecule has 1 rings (SSSR count). The molecular formula is C12H22FNO5S. The fourth-order valence-electron chi connectivity index (χ4n) is 2.12. The first kappa shape index (κ1) is 17.2. The van der Waals surface area contributed by atoms with Gasteiger partial charge < -0.3 is 14.8 Å². The standard InChI is InChI=1S/C12H22FNO5S/c1-11(2,3)19-10(15)14-8-12(9-20(13,16)17)4-6-18-7-5-12/h4-9H2,1-3H3,(H,14,15). The lowest BCUT2D eigenvalue weighted by Crippen LogP contribution is -2.46. The van der Waals surface area contributed by atoms with Gasteiger partial charge in [0.25, 0.3) is 0 Å². The number of carbonyl (C=O) groups excluding carboxylic acids is 1. The zero-order valence-corrected chi connectivity index (χ0v) is 12.9. The van der Waals surface area contributed by atoms with Crippen molar-refractivity contribution < 1.29 is 26.6 Å². The number of hydrogen-bond donors (Lipinski definition) is 1. The van der Waals surface area contributed by atoms with Gasteiger partial charge in [0.15, 0.2) is 0 Å². The SMILES string of the molecule is CC(C)(C)OC(=O)NCC1(CS(=O)(=O)F)CCOCC1. The van der Waals surface area contributed by atoms with Gasteiger partial charge in [-0.2, -0.15) is 8.42 Å². The minimum atomic E-state index is -4.61. The zero-order chi connectivity index (χ0) is 15.4. The molecule has 6 nitrogen and oxygen atoms in total. The molecular weight excluding hydrogens is 289 g/mol. The van der Waals surface area contributed by atoms with Gasteiger partial charge in [-0.25, -0.2) is 4.79 Å². The molecule has 1 heterocycles. The highest BCUT2D eigenvalue weighted by atomic mass is 32.3. The number of rotatable bonds is 4. The van der Waals surface area contributed by atoms with E-state index in [-0.39, 0.29) is 6.54 Å². The summed E-state index contributed by atoms with van der Waals surface area (Å²) >= 11 is 0. The van der Waals surface area contributed by atoms with E-state index in [1.54, 1.807) is 20.8 Å². The molecule has 0 spiro atoms. The second kappa shape index (κ2) is 6.26. The summed E-state index contributed by atoms with van der Waals surface area (Å²) in [5.41, 5.74) is -1.47. The Kier molecular flexibility index (Phi) is 5.37. The number of halogens is 1. The molecule has 0 radical (unpaired) electrons. The smallest absolute Gasteiger partial charge is 0.407 e. The molecule has 118 valence electrons. The lowest BCUT2D eigenvalue weighted by molar-refractivity contribution is 0.0189. The van der Waals surface area contributed by atoms with Crippen LogP contribution in [0, 0.1) is 5.41 Å². The van der Waals surface area contributed by atoms with E-state index in [9.17, 15) is 17.1 Å². The van der Waals surface area contributed by atoms with Crippen LogP contribution in [0.5, 0.6) is 0 Å². The van der Waals surface area contributed by atoms with E-state index >= 15 is 0 Å². The summed E-state index contributed by atoms with van der Waals surface area (Å²) in [6.07, 6.45) is 0.123. The van der Waals surface area contributed by atoms with Crippen LogP contribution >= 0.6 is 0 Å². The van der Waals surface area contributed by atoms with Crippen LogP contribution < -0.4 is 5.32 Å². The Morgan fingerprint density at radius 1 is 1.35 bits per heavy atom. The van der Waals surface area contributed by atoms with Crippen LogP contribution in [0.15, 0.2) is 0 Å². The van der Waals surface area contributed by atoms with Crippen LogP contribution in [-0.2, 0) is 19.7 Å². The number of alkyl carbamates (subject to hydrolysis) is 1. The van der Waals surface area contributed by atoms with Gasteiger partial charge in [-0.1, -0.05) is 0 Å². The lowest BCUT2D eigenvalue weighted by Gasteiger charge is -2.36. The molecule has 0 aliphatic carbocycles. The van der Waals surface area contributed by atoms with Crippen molar-refractivity contribution in [3.05, 3.63) is 0 Å². The molecule has 0 aromatic rings. The van der Waals surface area contributed by atoms with Crippen LogP contribution in [-0.4, -0.2) is 45.6 Å². The van der Waals surface area contributed by atoms with Gasteiger partial charge in [-0.15, -0.1) is 3.89 Å². The Morgan fingerprint density at radius 3 is 2.35 bits per heavy atom. The van der Waals surface area contributed by atoms with Gasteiger partial charge in [0.1, 0.15) is 5.60 Å². The quantitative estimate of drug-likeness (QED) is 0.798. The van der Waals surface area contributed by atoms with Crippen molar-refractivity contribution in [3.8, 4) is 0 Å². The third-order valence-electron chi connectivity index (χ3n) is 3.04. The van der Waals surface area contributed by atoms with Crippen LogP contribution in [0.1, 0.15) is 33.6 Å². The first-order valence-electron chi connectivity index (χ1n) is 6.48. The summed E-state index contributed by atoms with van der Waals surface area (Å²) in [5.74, 6) is -0.612. The Hall–Kier alpha value is -0.890. The largest absolute Gasteiger partial charge is 0.444 e. The fraction of sp³-hybridized carbons (Fsp3) is 0.917. The van der Waals surface area contributed by atoms with E-state index in [1.807, 2.05) is 0 Å². The summed E-state index contributed by atoms with van der Waals surface area (Å²) in [6.45, 7) is 5.93. The molecule has 1 aliphatic heterocycles. The van der Waals surface area contributed by atoms with Crippen LogP contribution in [0.3, 0.4) is 0 Å². The molecule has 1 N–H and O–H groups in total. The van der Waals surface area contributed by atoms with Gasteiger partial charge in [-0.3, -0.25) is 0 Å². The molecule has 0 bridgehead atoms. The van der Waals surface area contributed by atoms with E-state index in [2.05, 4.69) is 5.32 Å². The molecule has 8 heteroatoms. The normalized spacial score (nSPS) is 19.4. The molecule has 0 unspecified atom stereocenters. The molecule has 1 saturated heterocycles. The van der Waals surface area contributed by atoms with Gasteiger partial charge in [0.2, 0.25) is 0 Å². The van der Waals surface area contributed by atoms with E-state index in [4.69, 9.17) is 9.47 Å². The third kappa shape index (κ3) is 6.51. The predicted octanol–water partition coefficient (Wildman–Crippen LogP) is 1.61. The van der Waals surface area contributed by atoms with Gasteiger partial charge in [0, 0.05) is 25.2 Å². The average Bonchev–Trinajstić information content (AvgIpc) is 2.23. The average molecular weight is 311 g/mol. The zero-order valence-electron chi connectivity index (χ0n) is 12.1. The Balaban J connectivity index is 2.64. The van der Waals surface area contributed by atoms with Gasteiger partial charge >= 0.3 is 16.3 Å². The highest BCUT2D eigenvalue weighted by Gasteiger charge is 2.38. The van der Waals surface area contributed by atoms with E-state index in [0.717, 1.165) is 0 Å². The van der Waals surface area contributed by atoms with Crippen molar-refractivity contribution in [1.82, 2.24) is 5.32 Å². The molecule has 0 aromatic carbocycles. The highest BCUT2D eigenvalue weighted by Crippen LogP contribution is 2.32. The number of nitrogens with one attached hydrogen (secondary N) is 1. The number of amides is 1. The molecule has 0 atom stereocenters. The summed E-state index contributed by atoms with van der Waals surface area (Å²) in [6, 6.07) is 0. The second-order valence-electron chi connectivity index (χ2n) is 6.15. The van der Waals surface area contributed by atoms with E-state index < -0.39 is 33.1 Å². The molecule has 1 amide bonds. The van der Waals surface area contributed by atoms with Crippen molar-refractivity contribution in [2.75, 3.05) is 25.5 Å². The Labute approximate surface area is 119 Å². The van der Waals surface area contributed by atoms with Crippen molar-refractivity contribution >= 4 is 16.3 Å². The third-order valence-corrected chi connectivity index (χ3v) is 4.00. The van der Waals surface area contributed by atoms with Crippen molar-refractivity contribution in [1.29, 1.82) is 0 Å². The minimum Gasteiger partial charge on any atom is -0.444 e. The highest BCUT2D eigenvalue weighted by molar-refractivity contribution is 7.86. The maximum atomic E-state index is 13.0. The van der Waals surface area contributed by atoms with Gasteiger partial charge in [0.05, 0.1) is 5.75 Å². The molecule has 0 aromatic heterocycles. The van der Waals surface area contributed by atoms with E-state index in [1.165, 1.54) is 0 Å². The topological polar surface area (TPSA) is 81.7 Å². The number of ether oxygens (including phenoxy) is 2. The maximum absolute atomic E-state index is 13.0. The predicted molar refractivity (Wildman–Crippen MR) is 71.6 cm³/mol. The summed E-state index contributed by atoms with van der Waals surface area (Å²) < 4.78 is 45.1. The maximum Gasteiger partial charge on any atom is 0.407 e. The van der Waals surface area contributed by atoms with Crippen LogP contribution in [0.4, 0.5) is 8.68 Å². The first-order chi connectivity index (χ1) is 9.02. The summed E-state index contributed by atoms with van der Waals surface area (Å²) in [7, 11) is -4.61. The number of hydrogen-bond acceptors (Lipinski definition) is 5. The number of carbonyl (C=O) groups is 1. The fourth-order valence-corrected chi connectivity index (χ4v) is 3.24. The lowest BCUT2D eigenvalue weighted by atomic mass is 9.82. The molecule has 1 aliphatic rings.